The van der Waals surface area contributed by atoms with Crippen LogP contribution in [-0.2, 0) is 4.74 Å². The van der Waals surface area contributed by atoms with Gasteiger partial charge in [-0.3, -0.25) is 0 Å². The smallest absolute Gasteiger partial charge is 0.319 e. The van der Waals surface area contributed by atoms with Crippen molar-refractivity contribution in [2.45, 2.75) is 38.2 Å². The minimum atomic E-state index is -0.187. The minimum Gasteiger partial charge on any atom is -0.378 e. The fourth-order valence-electron chi connectivity index (χ4n) is 2.79. The van der Waals surface area contributed by atoms with Crippen LogP contribution in [0, 0.1) is 0 Å². The van der Waals surface area contributed by atoms with Crippen molar-refractivity contribution in [3.8, 4) is 5.69 Å². The molecule has 128 valence electrons. The van der Waals surface area contributed by atoms with Crippen LogP contribution in [0.4, 0.5) is 10.5 Å². The third-order valence-corrected chi connectivity index (χ3v) is 4.07. The van der Waals surface area contributed by atoms with Gasteiger partial charge in [-0.1, -0.05) is 5.21 Å². The summed E-state index contributed by atoms with van der Waals surface area (Å²) in [7, 11) is 0. The minimum absolute atomic E-state index is 0.187. The van der Waals surface area contributed by atoms with Crippen LogP contribution in [0.2, 0.25) is 0 Å². The number of benzene rings is 1. The molecule has 0 aliphatic carbocycles. The average molecular weight is 329 g/mol. The molecule has 1 aromatic carbocycles. The van der Waals surface area contributed by atoms with E-state index in [1.54, 1.807) is 17.1 Å². The predicted molar refractivity (Wildman–Crippen MR) is 91.2 cm³/mol. The number of ether oxygens (including phenoxy) is 1. The molecule has 1 atom stereocenters. The Balaban J connectivity index is 1.37. The van der Waals surface area contributed by atoms with Crippen molar-refractivity contribution in [3.05, 3.63) is 36.7 Å². The van der Waals surface area contributed by atoms with Gasteiger partial charge in [-0.25, -0.2) is 9.48 Å². The number of carbonyl (C=O) groups excluding carboxylic acids is 1. The molecule has 7 heteroatoms. The molecule has 0 bridgehead atoms. The third kappa shape index (κ3) is 4.79. The van der Waals surface area contributed by atoms with E-state index < -0.39 is 0 Å². The highest BCUT2D eigenvalue weighted by Gasteiger charge is 2.13. The molecule has 0 radical (unpaired) electrons. The zero-order valence-electron chi connectivity index (χ0n) is 13.6. The lowest BCUT2D eigenvalue weighted by Gasteiger charge is -2.22. The fraction of sp³-hybridized carbons (Fsp3) is 0.471. The number of carbonyl (C=O) groups is 1. The van der Waals surface area contributed by atoms with Gasteiger partial charge in [-0.15, -0.1) is 5.10 Å². The second-order valence-corrected chi connectivity index (χ2v) is 5.91. The number of amides is 2. The third-order valence-electron chi connectivity index (χ3n) is 4.07. The van der Waals surface area contributed by atoms with Crippen molar-refractivity contribution in [2.75, 3.05) is 18.5 Å². The summed E-state index contributed by atoms with van der Waals surface area (Å²) in [6.07, 6.45) is 9.27. The van der Waals surface area contributed by atoms with Gasteiger partial charge in [0, 0.05) is 18.8 Å². The molecule has 24 heavy (non-hydrogen) atoms. The normalized spacial score (nSPS) is 17.4. The second-order valence-electron chi connectivity index (χ2n) is 5.91. The van der Waals surface area contributed by atoms with E-state index in [1.165, 1.54) is 12.8 Å². The summed E-state index contributed by atoms with van der Waals surface area (Å²) in [4.78, 5) is 11.9. The van der Waals surface area contributed by atoms with Gasteiger partial charge in [-0.05, 0) is 56.4 Å². The standard InChI is InChI=1S/C17H23N5O2/c23-17(18-10-3-5-16-4-1-2-13-24-16)20-14-6-8-15(9-7-14)22-12-11-19-21-22/h6-9,11-12,16H,1-5,10,13H2,(H2,18,20,23)/t16-/m1/s1. The molecule has 0 saturated carbocycles. The van der Waals surface area contributed by atoms with Crippen LogP contribution in [0.25, 0.3) is 5.69 Å². The first-order chi connectivity index (χ1) is 11.8. The van der Waals surface area contributed by atoms with E-state index in [-0.39, 0.29) is 6.03 Å². The summed E-state index contributed by atoms with van der Waals surface area (Å²) in [5.41, 5.74) is 1.64. The Morgan fingerprint density at radius 3 is 2.88 bits per heavy atom. The quantitative estimate of drug-likeness (QED) is 0.799. The Morgan fingerprint density at radius 2 is 2.17 bits per heavy atom. The summed E-state index contributed by atoms with van der Waals surface area (Å²) in [5.74, 6) is 0. The molecule has 1 aliphatic rings. The molecule has 2 amide bonds. The maximum absolute atomic E-state index is 11.9. The molecule has 2 aromatic rings. The van der Waals surface area contributed by atoms with E-state index in [0.29, 0.717) is 12.6 Å². The van der Waals surface area contributed by atoms with Gasteiger partial charge in [0.15, 0.2) is 0 Å². The molecule has 7 nitrogen and oxygen atoms in total. The molecule has 3 rings (SSSR count). The lowest BCUT2D eigenvalue weighted by Crippen LogP contribution is -2.30. The first kappa shape index (κ1) is 16.4. The monoisotopic (exact) mass is 329 g/mol. The van der Waals surface area contributed by atoms with Gasteiger partial charge in [0.1, 0.15) is 0 Å². The molecule has 0 spiro atoms. The van der Waals surface area contributed by atoms with Gasteiger partial charge in [0.05, 0.1) is 24.2 Å². The van der Waals surface area contributed by atoms with Crippen molar-refractivity contribution >= 4 is 11.7 Å². The van der Waals surface area contributed by atoms with Gasteiger partial charge < -0.3 is 15.4 Å². The molecule has 1 aliphatic heterocycles. The van der Waals surface area contributed by atoms with E-state index in [9.17, 15) is 4.79 Å². The number of rotatable bonds is 6. The highest BCUT2D eigenvalue weighted by molar-refractivity contribution is 5.89. The second kappa shape index (κ2) is 8.44. The number of hydrogen-bond acceptors (Lipinski definition) is 4. The number of nitrogens with zero attached hydrogens (tertiary/aromatic N) is 3. The molecular formula is C17H23N5O2. The van der Waals surface area contributed by atoms with Crippen molar-refractivity contribution in [3.63, 3.8) is 0 Å². The lowest BCUT2D eigenvalue weighted by atomic mass is 10.0. The molecular weight excluding hydrogens is 306 g/mol. The summed E-state index contributed by atoms with van der Waals surface area (Å²) in [6, 6.07) is 7.25. The molecule has 2 heterocycles. The van der Waals surface area contributed by atoms with Crippen LogP contribution in [0.3, 0.4) is 0 Å². The number of aromatic nitrogens is 3. The number of urea groups is 1. The molecule has 0 unspecified atom stereocenters. The van der Waals surface area contributed by atoms with Crippen LogP contribution < -0.4 is 10.6 Å². The first-order valence-electron chi connectivity index (χ1n) is 8.44. The average Bonchev–Trinajstić information content (AvgIpc) is 3.15. The SMILES string of the molecule is O=C(NCCC[C@H]1CCCCO1)Nc1ccc(-n2ccnn2)cc1. The van der Waals surface area contributed by atoms with E-state index >= 15 is 0 Å². The summed E-state index contributed by atoms with van der Waals surface area (Å²) in [5, 5.41) is 13.4. The van der Waals surface area contributed by atoms with Gasteiger partial charge >= 0.3 is 6.03 Å². The van der Waals surface area contributed by atoms with Crippen LogP contribution in [0.5, 0.6) is 0 Å². The van der Waals surface area contributed by atoms with Gasteiger partial charge in [0.2, 0.25) is 0 Å². The Morgan fingerprint density at radius 1 is 1.29 bits per heavy atom. The zero-order chi connectivity index (χ0) is 16.6. The van der Waals surface area contributed by atoms with Gasteiger partial charge in [-0.2, -0.15) is 0 Å². The van der Waals surface area contributed by atoms with E-state index in [1.807, 2.05) is 24.3 Å². The van der Waals surface area contributed by atoms with Crippen molar-refractivity contribution in [2.24, 2.45) is 0 Å². The largest absolute Gasteiger partial charge is 0.378 e. The molecule has 1 aromatic heterocycles. The van der Waals surface area contributed by atoms with Gasteiger partial charge in [0.25, 0.3) is 0 Å². The lowest BCUT2D eigenvalue weighted by molar-refractivity contribution is 0.0103. The van der Waals surface area contributed by atoms with E-state index in [4.69, 9.17) is 4.74 Å². The van der Waals surface area contributed by atoms with Crippen LogP contribution in [0.1, 0.15) is 32.1 Å². The maximum Gasteiger partial charge on any atom is 0.319 e. The van der Waals surface area contributed by atoms with Crippen molar-refractivity contribution < 1.29 is 9.53 Å². The van der Waals surface area contributed by atoms with Crippen LogP contribution in [0.15, 0.2) is 36.7 Å². The molecule has 1 fully saturated rings. The van der Waals surface area contributed by atoms with Crippen molar-refractivity contribution in [1.29, 1.82) is 0 Å². The predicted octanol–water partition coefficient (Wildman–Crippen LogP) is 2.74. The summed E-state index contributed by atoms with van der Waals surface area (Å²) in [6.45, 7) is 1.53. The van der Waals surface area contributed by atoms with Crippen LogP contribution >= 0.6 is 0 Å². The Labute approximate surface area is 141 Å². The maximum atomic E-state index is 11.9. The van der Waals surface area contributed by atoms with Crippen molar-refractivity contribution in [1.82, 2.24) is 20.3 Å². The topological polar surface area (TPSA) is 81.1 Å². The molecule has 2 N–H and O–H groups in total. The van der Waals surface area contributed by atoms with E-state index in [2.05, 4.69) is 20.9 Å². The number of nitrogens with one attached hydrogen (secondary N) is 2. The number of hydrogen-bond donors (Lipinski definition) is 2. The highest BCUT2D eigenvalue weighted by atomic mass is 16.5. The highest BCUT2D eigenvalue weighted by Crippen LogP contribution is 2.16. The van der Waals surface area contributed by atoms with Crippen LogP contribution in [-0.4, -0.2) is 40.3 Å². The van der Waals surface area contributed by atoms with E-state index in [0.717, 1.165) is 37.2 Å². The summed E-state index contributed by atoms with van der Waals surface area (Å²) < 4.78 is 7.35. The Kier molecular flexibility index (Phi) is 5.79. The summed E-state index contributed by atoms with van der Waals surface area (Å²) >= 11 is 0. The number of anilines is 1. The Hall–Kier alpha value is -2.41. The zero-order valence-corrected chi connectivity index (χ0v) is 13.6. The Bertz CT molecular complexity index is 621. The fourth-order valence-corrected chi connectivity index (χ4v) is 2.79. The first-order valence-corrected chi connectivity index (χ1v) is 8.44. The molecule has 1 saturated heterocycles.